The zero-order valence-electron chi connectivity index (χ0n) is 15.6. The summed E-state index contributed by atoms with van der Waals surface area (Å²) in [6, 6.07) is 13.3. The Morgan fingerprint density at radius 2 is 1.94 bits per heavy atom. The van der Waals surface area contributed by atoms with Gasteiger partial charge < -0.3 is 4.42 Å². The molecule has 2 amide bonds. The van der Waals surface area contributed by atoms with Gasteiger partial charge in [0.25, 0.3) is 16.8 Å². The van der Waals surface area contributed by atoms with Crippen LogP contribution < -0.4 is 0 Å². The number of imide groups is 1. The average Bonchev–Trinajstić information content (AvgIpc) is 3.30. The number of hydrogen-bond acceptors (Lipinski definition) is 6. The number of carbonyl (C=O) groups is 2. The molecule has 7 nitrogen and oxygen atoms in total. The average molecular weight is 459 g/mol. The highest BCUT2D eigenvalue weighted by molar-refractivity contribution is 8.18. The summed E-state index contributed by atoms with van der Waals surface area (Å²) >= 11 is 6.55. The minimum absolute atomic E-state index is 0.00376. The van der Waals surface area contributed by atoms with Crippen LogP contribution in [0.4, 0.5) is 14.9 Å². The lowest BCUT2D eigenvalue weighted by molar-refractivity contribution is -0.384. The fraction of sp³-hybridized carbons (Fsp3) is 0.0476. The lowest BCUT2D eigenvalue weighted by Crippen LogP contribution is -2.27. The van der Waals surface area contributed by atoms with Crippen molar-refractivity contribution in [3.05, 3.63) is 91.8 Å². The smallest absolute Gasteiger partial charge is 0.293 e. The quantitative estimate of drug-likeness (QED) is 0.269. The lowest BCUT2D eigenvalue weighted by atomic mass is 10.1. The second kappa shape index (κ2) is 8.37. The Morgan fingerprint density at radius 1 is 1.16 bits per heavy atom. The molecule has 0 radical (unpaired) electrons. The first-order valence-electron chi connectivity index (χ1n) is 8.86. The van der Waals surface area contributed by atoms with Gasteiger partial charge in [-0.25, -0.2) is 4.39 Å². The van der Waals surface area contributed by atoms with Gasteiger partial charge in [-0.05, 0) is 42.1 Å². The molecule has 3 aromatic rings. The molecule has 1 aliphatic rings. The van der Waals surface area contributed by atoms with E-state index in [0.29, 0.717) is 11.3 Å². The highest BCUT2D eigenvalue weighted by Crippen LogP contribution is 2.35. The van der Waals surface area contributed by atoms with Gasteiger partial charge in [0.05, 0.1) is 16.4 Å². The molecule has 2 heterocycles. The number of amides is 2. The molecule has 0 N–H and O–H groups in total. The molecule has 156 valence electrons. The van der Waals surface area contributed by atoms with Gasteiger partial charge in [-0.2, -0.15) is 0 Å². The van der Waals surface area contributed by atoms with Crippen LogP contribution in [-0.2, 0) is 11.3 Å². The highest BCUT2D eigenvalue weighted by Gasteiger charge is 2.35. The molecule has 10 heteroatoms. The highest BCUT2D eigenvalue weighted by atomic mass is 35.5. The van der Waals surface area contributed by atoms with Crippen molar-refractivity contribution < 1.29 is 23.3 Å². The van der Waals surface area contributed by atoms with Gasteiger partial charge in [-0.1, -0.05) is 29.8 Å². The van der Waals surface area contributed by atoms with E-state index >= 15 is 0 Å². The van der Waals surface area contributed by atoms with Gasteiger partial charge in [-0.15, -0.1) is 0 Å². The summed E-state index contributed by atoms with van der Waals surface area (Å²) < 4.78 is 19.5. The van der Waals surface area contributed by atoms with Gasteiger partial charge in [0.2, 0.25) is 0 Å². The predicted octanol–water partition coefficient (Wildman–Crippen LogP) is 5.88. The second-order valence-electron chi connectivity index (χ2n) is 6.48. The Labute approximate surface area is 184 Å². The summed E-state index contributed by atoms with van der Waals surface area (Å²) in [7, 11) is 0. The Hall–Kier alpha value is -3.43. The maximum Gasteiger partial charge on any atom is 0.293 e. The van der Waals surface area contributed by atoms with E-state index in [1.807, 2.05) is 0 Å². The fourth-order valence-electron chi connectivity index (χ4n) is 2.95. The van der Waals surface area contributed by atoms with E-state index in [1.165, 1.54) is 36.4 Å². The van der Waals surface area contributed by atoms with Crippen molar-refractivity contribution in [2.24, 2.45) is 0 Å². The third kappa shape index (κ3) is 4.23. The standard InChI is InChI=1S/C21H12ClFN2O5S/c22-15-7-5-12(9-17(15)25(28)29)18-8-6-14(30-18)10-19-20(26)24(21(27)31-19)11-13-3-1-2-4-16(13)23/h1-10H,11H2/b19-10+. The third-order valence-electron chi connectivity index (χ3n) is 4.49. The molecule has 0 atom stereocenters. The lowest BCUT2D eigenvalue weighted by Gasteiger charge is -2.12. The van der Waals surface area contributed by atoms with E-state index in [-0.39, 0.29) is 33.5 Å². The van der Waals surface area contributed by atoms with E-state index in [4.69, 9.17) is 16.0 Å². The largest absolute Gasteiger partial charge is 0.457 e. The molecular weight excluding hydrogens is 447 g/mol. The minimum Gasteiger partial charge on any atom is -0.457 e. The molecule has 1 aromatic heterocycles. The van der Waals surface area contributed by atoms with Crippen molar-refractivity contribution in [3.63, 3.8) is 0 Å². The number of furan rings is 1. The van der Waals surface area contributed by atoms with Crippen LogP contribution in [0.5, 0.6) is 0 Å². The molecule has 1 aliphatic heterocycles. The van der Waals surface area contributed by atoms with Crippen LogP contribution in [0.3, 0.4) is 0 Å². The zero-order chi connectivity index (χ0) is 22.1. The van der Waals surface area contributed by atoms with Crippen molar-refractivity contribution in [3.8, 4) is 11.3 Å². The molecule has 31 heavy (non-hydrogen) atoms. The van der Waals surface area contributed by atoms with Crippen LogP contribution in [0.25, 0.3) is 17.4 Å². The number of benzene rings is 2. The summed E-state index contributed by atoms with van der Waals surface area (Å²) in [5, 5.41) is 10.6. The van der Waals surface area contributed by atoms with Crippen molar-refractivity contribution in [1.82, 2.24) is 4.90 Å². The Kier molecular flexibility index (Phi) is 5.62. The first-order chi connectivity index (χ1) is 14.8. The Balaban J connectivity index is 1.56. The maximum absolute atomic E-state index is 13.9. The summed E-state index contributed by atoms with van der Waals surface area (Å²) in [5.41, 5.74) is 0.408. The predicted molar refractivity (Wildman–Crippen MR) is 114 cm³/mol. The number of carbonyl (C=O) groups excluding carboxylic acids is 2. The summed E-state index contributed by atoms with van der Waals surface area (Å²) in [6.45, 7) is -0.174. The SMILES string of the molecule is O=C1S/C(=C/c2ccc(-c3ccc(Cl)c([N+](=O)[O-])c3)o2)C(=O)N1Cc1ccccc1F. The third-order valence-corrected chi connectivity index (χ3v) is 5.71. The molecule has 0 aliphatic carbocycles. The number of hydrogen-bond donors (Lipinski definition) is 0. The van der Waals surface area contributed by atoms with Crippen molar-refractivity contribution in [2.45, 2.75) is 6.54 Å². The summed E-state index contributed by atoms with van der Waals surface area (Å²) in [5.74, 6) is -0.447. The molecule has 0 bridgehead atoms. The Morgan fingerprint density at radius 3 is 2.68 bits per heavy atom. The number of thioether (sulfide) groups is 1. The summed E-state index contributed by atoms with van der Waals surface area (Å²) in [6.07, 6.45) is 1.40. The van der Waals surface area contributed by atoms with Gasteiger partial charge in [0.15, 0.2) is 0 Å². The molecule has 0 spiro atoms. The van der Waals surface area contributed by atoms with Crippen LogP contribution in [0.15, 0.2) is 63.9 Å². The Bertz CT molecular complexity index is 1260. The maximum atomic E-state index is 13.9. The van der Waals surface area contributed by atoms with Crippen LogP contribution >= 0.6 is 23.4 Å². The van der Waals surface area contributed by atoms with E-state index in [1.54, 1.807) is 24.3 Å². The molecular formula is C21H12ClFN2O5S. The molecule has 1 fully saturated rings. The van der Waals surface area contributed by atoms with E-state index in [9.17, 15) is 24.1 Å². The van der Waals surface area contributed by atoms with Gasteiger partial charge in [-0.3, -0.25) is 24.6 Å². The number of rotatable bonds is 5. The molecule has 2 aromatic carbocycles. The topological polar surface area (TPSA) is 93.7 Å². The second-order valence-corrected chi connectivity index (χ2v) is 7.88. The molecule has 0 unspecified atom stereocenters. The summed E-state index contributed by atoms with van der Waals surface area (Å²) in [4.78, 5) is 36.5. The molecule has 0 saturated carbocycles. The van der Waals surface area contributed by atoms with E-state index in [0.717, 1.165) is 16.7 Å². The monoisotopic (exact) mass is 458 g/mol. The molecule has 1 saturated heterocycles. The van der Waals surface area contributed by atoms with Crippen molar-refractivity contribution in [2.75, 3.05) is 0 Å². The normalized spacial score (nSPS) is 15.2. The number of nitrogens with zero attached hydrogens (tertiary/aromatic N) is 2. The van der Waals surface area contributed by atoms with Crippen LogP contribution in [0.2, 0.25) is 5.02 Å². The van der Waals surface area contributed by atoms with Gasteiger partial charge in [0.1, 0.15) is 22.4 Å². The first kappa shape index (κ1) is 20.8. The number of nitro groups is 1. The van der Waals surface area contributed by atoms with Crippen LogP contribution in [0, 0.1) is 15.9 Å². The van der Waals surface area contributed by atoms with E-state index < -0.39 is 21.9 Å². The fourth-order valence-corrected chi connectivity index (χ4v) is 3.96. The van der Waals surface area contributed by atoms with E-state index in [2.05, 4.69) is 0 Å². The van der Waals surface area contributed by atoms with Crippen LogP contribution in [0.1, 0.15) is 11.3 Å². The first-order valence-corrected chi connectivity index (χ1v) is 10.1. The van der Waals surface area contributed by atoms with Gasteiger partial charge in [0, 0.05) is 23.3 Å². The number of halogens is 2. The van der Waals surface area contributed by atoms with Crippen LogP contribution in [-0.4, -0.2) is 21.0 Å². The minimum atomic E-state index is -0.596. The molecule has 4 rings (SSSR count). The van der Waals surface area contributed by atoms with Crippen molar-refractivity contribution >= 4 is 46.3 Å². The van der Waals surface area contributed by atoms with Gasteiger partial charge >= 0.3 is 0 Å². The van der Waals surface area contributed by atoms with Crippen molar-refractivity contribution in [1.29, 1.82) is 0 Å². The number of nitro benzene ring substituents is 1. The zero-order valence-corrected chi connectivity index (χ0v) is 17.2.